The topological polar surface area (TPSA) is 47.6 Å². The fourth-order valence-corrected chi connectivity index (χ4v) is 2.91. The van der Waals surface area contributed by atoms with Crippen LogP contribution < -0.4 is 14.8 Å². The molecule has 0 atom stereocenters. The average Bonchev–Trinajstić information content (AvgIpc) is 2.54. The molecule has 132 valence electrons. The predicted octanol–water partition coefficient (Wildman–Crippen LogP) is 4.63. The molecule has 1 amide bonds. The number of ether oxygens (including phenoxy) is 2. The van der Waals surface area contributed by atoms with Crippen molar-refractivity contribution in [2.45, 2.75) is 25.6 Å². The summed E-state index contributed by atoms with van der Waals surface area (Å²) in [6.07, 6.45) is 0.303. The van der Waals surface area contributed by atoms with Crippen LogP contribution >= 0.6 is 23.4 Å². The standard InChI is InChI=1S/C19H20ClNO3S/c1-19(2,24-16-7-3-13(20)4-8-16)18(22)21-14-5-9-15(10-6-14)23-17-11-25-12-17/h3-10,17H,11-12H2,1-2H3,(H,21,22). The number of carbonyl (C=O) groups excluding carboxylic acids is 1. The molecule has 1 fully saturated rings. The van der Waals surface area contributed by atoms with Crippen molar-refractivity contribution in [1.29, 1.82) is 0 Å². The molecule has 3 rings (SSSR count). The number of hydrogen-bond acceptors (Lipinski definition) is 4. The van der Waals surface area contributed by atoms with E-state index >= 15 is 0 Å². The minimum atomic E-state index is -1.02. The van der Waals surface area contributed by atoms with Crippen molar-refractivity contribution < 1.29 is 14.3 Å². The zero-order valence-electron chi connectivity index (χ0n) is 14.1. The molecule has 1 aliphatic rings. The lowest BCUT2D eigenvalue weighted by Gasteiger charge is -2.26. The van der Waals surface area contributed by atoms with Gasteiger partial charge in [0.2, 0.25) is 0 Å². The number of rotatable bonds is 6. The Morgan fingerprint density at radius 1 is 1.08 bits per heavy atom. The maximum atomic E-state index is 12.5. The molecule has 0 aliphatic carbocycles. The highest BCUT2D eigenvalue weighted by molar-refractivity contribution is 8.00. The maximum Gasteiger partial charge on any atom is 0.267 e. The van der Waals surface area contributed by atoms with E-state index in [4.69, 9.17) is 21.1 Å². The summed E-state index contributed by atoms with van der Waals surface area (Å²) in [6.45, 7) is 3.45. The number of carbonyl (C=O) groups is 1. The van der Waals surface area contributed by atoms with E-state index in [0.717, 1.165) is 17.3 Å². The van der Waals surface area contributed by atoms with Gasteiger partial charge in [0.25, 0.3) is 5.91 Å². The van der Waals surface area contributed by atoms with Crippen LogP contribution in [0.4, 0.5) is 5.69 Å². The molecule has 2 aromatic rings. The van der Waals surface area contributed by atoms with Gasteiger partial charge in [-0.1, -0.05) is 11.6 Å². The number of benzene rings is 2. The van der Waals surface area contributed by atoms with Crippen LogP contribution in [0.5, 0.6) is 11.5 Å². The van der Waals surface area contributed by atoms with Gasteiger partial charge in [-0.15, -0.1) is 0 Å². The largest absolute Gasteiger partial charge is 0.489 e. The van der Waals surface area contributed by atoms with Gasteiger partial charge in [-0.2, -0.15) is 11.8 Å². The molecule has 0 bridgehead atoms. The van der Waals surface area contributed by atoms with Gasteiger partial charge in [-0.25, -0.2) is 0 Å². The van der Waals surface area contributed by atoms with Gasteiger partial charge in [-0.05, 0) is 62.4 Å². The van der Waals surface area contributed by atoms with Crippen molar-refractivity contribution >= 4 is 35.0 Å². The summed E-state index contributed by atoms with van der Waals surface area (Å²) in [5.74, 6) is 3.25. The molecular weight excluding hydrogens is 358 g/mol. The van der Waals surface area contributed by atoms with Crippen LogP contribution in [0, 0.1) is 0 Å². The summed E-state index contributed by atoms with van der Waals surface area (Å²) >= 11 is 7.74. The number of hydrogen-bond donors (Lipinski definition) is 1. The molecule has 0 spiro atoms. The first-order valence-corrected chi connectivity index (χ1v) is 9.56. The average molecular weight is 378 g/mol. The van der Waals surface area contributed by atoms with Crippen LogP contribution in [0.15, 0.2) is 48.5 Å². The van der Waals surface area contributed by atoms with Crippen LogP contribution in [0.3, 0.4) is 0 Å². The Bertz CT molecular complexity index is 727. The predicted molar refractivity (Wildman–Crippen MR) is 103 cm³/mol. The first kappa shape index (κ1) is 18.0. The van der Waals surface area contributed by atoms with Crippen molar-refractivity contribution in [2.75, 3.05) is 16.8 Å². The molecule has 0 aromatic heterocycles. The van der Waals surface area contributed by atoms with E-state index in [0.29, 0.717) is 22.6 Å². The van der Waals surface area contributed by atoms with E-state index in [1.54, 1.807) is 38.1 Å². The van der Waals surface area contributed by atoms with Gasteiger partial charge < -0.3 is 14.8 Å². The summed E-state index contributed by atoms with van der Waals surface area (Å²) in [6, 6.07) is 14.3. The Kier molecular flexibility index (Phi) is 5.45. The van der Waals surface area contributed by atoms with E-state index in [1.807, 2.05) is 36.0 Å². The van der Waals surface area contributed by atoms with Crippen LogP contribution in [-0.2, 0) is 4.79 Å². The van der Waals surface area contributed by atoms with E-state index < -0.39 is 5.60 Å². The Morgan fingerprint density at radius 3 is 2.24 bits per heavy atom. The molecule has 25 heavy (non-hydrogen) atoms. The third-order valence-electron chi connectivity index (χ3n) is 3.76. The molecule has 1 aliphatic heterocycles. The summed E-state index contributed by atoms with van der Waals surface area (Å²) in [5, 5.41) is 3.50. The fraction of sp³-hybridized carbons (Fsp3) is 0.316. The molecule has 4 nitrogen and oxygen atoms in total. The second kappa shape index (κ2) is 7.58. The number of anilines is 1. The third-order valence-corrected chi connectivity index (χ3v) is 5.22. The Hall–Kier alpha value is -1.85. The first-order valence-electron chi connectivity index (χ1n) is 8.03. The second-order valence-electron chi connectivity index (χ2n) is 6.32. The lowest BCUT2D eigenvalue weighted by atomic mass is 10.1. The minimum Gasteiger partial charge on any atom is -0.489 e. The highest BCUT2D eigenvalue weighted by Crippen LogP contribution is 2.26. The summed E-state index contributed by atoms with van der Waals surface area (Å²) < 4.78 is 11.6. The number of nitrogens with one attached hydrogen (secondary N) is 1. The molecule has 1 saturated heterocycles. The van der Waals surface area contributed by atoms with E-state index in [-0.39, 0.29) is 5.91 Å². The zero-order valence-corrected chi connectivity index (χ0v) is 15.7. The Labute approximate surface area is 156 Å². The lowest BCUT2D eigenvalue weighted by Crippen LogP contribution is -2.42. The summed E-state index contributed by atoms with van der Waals surface area (Å²) in [5.41, 5.74) is -0.320. The van der Waals surface area contributed by atoms with Crippen molar-refractivity contribution in [3.05, 3.63) is 53.6 Å². The smallest absolute Gasteiger partial charge is 0.267 e. The van der Waals surface area contributed by atoms with Gasteiger partial charge in [-0.3, -0.25) is 4.79 Å². The minimum absolute atomic E-state index is 0.230. The maximum absolute atomic E-state index is 12.5. The quantitative estimate of drug-likeness (QED) is 0.797. The van der Waals surface area contributed by atoms with E-state index in [2.05, 4.69) is 5.32 Å². The first-order chi connectivity index (χ1) is 11.9. The summed E-state index contributed by atoms with van der Waals surface area (Å²) in [4.78, 5) is 12.5. The van der Waals surface area contributed by atoms with Crippen LogP contribution in [-0.4, -0.2) is 29.1 Å². The van der Waals surface area contributed by atoms with E-state index in [1.165, 1.54) is 0 Å². The van der Waals surface area contributed by atoms with E-state index in [9.17, 15) is 4.79 Å². The van der Waals surface area contributed by atoms with Gasteiger partial charge in [0.1, 0.15) is 17.6 Å². The van der Waals surface area contributed by atoms with Gasteiger partial charge >= 0.3 is 0 Å². The molecule has 0 unspecified atom stereocenters. The highest BCUT2D eigenvalue weighted by atomic mass is 35.5. The van der Waals surface area contributed by atoms with Gasteiger partial charge in [0.05, 0.1) is 0 Å². The SMILES string of the molecule is CC(C)(Oc1ccc(Cl)cc1)C(=O)Nc1ccc(OC2CSC2)cc1. The number of amides is 1. The molecule has 2 aromatic carbocycles. The monoisotopic (exact) mass is 377 g/mol. The van der Waals surface area contributed by atoms with Gasteiger partial charge in [0.15, 0.2) is 5.60 Å². The molecule has 6 heteroatoms. The van der Waals surface area contributed by atoms with Crippen molar-refractivity contribution in [3.8, 4) is 11.5 Å². The molecule has 0 saturated carbocycles. The normalized spacial score (nSPS) is 14.5. The van der Waals surface area contributed by atoms with Crippen molar-refractivity contribution in [1.82, 2.24) is 0 Å². The molecular formula is C19H20ClNO3S. The Morgan fingerprint density at radius 2 is 1.68 bits per heavy atom. The molecule has 1 N–H and O–H groups in total. The van der Waals surface area contributed by atoms with Crippen molar-refractivity contribution in [2.24, 2.45) is 0 Å². The van der Waals surface area contributed by atoms with Crippen LogP contribution in [0.1, 0.15) is 13.8 Å². The van der Waals surface area contributed by atoms with Crippen LogP contribution in [0.25, 0.3) is 0 Å². The van der Waals surface area contributed by atoms with Gasteiger partial charge in [0, 0.05) is 22.2 Å². The lowest BCUT2D eigenvalue weighted by molar-refractivity contribution is -0.128. The highest BCUT2D eigenvalue weighted by Gasteiger charge is 2.30. The summed E-state index contributed by atoms with van der Waals surface area (Å²) in [7, 11) is 0. The van der Waals surface area contributed by atoms with Crippen molar-refractivity contribution in [3.63, 3.8) is 0 Å². The fourth-order valence-electron chi connectivity index (χ4n) is 2.22. The number of thioether (sulfide) groups is 1. The number of halogens is 1. The molecule has 1 heterocycles. The Balaban J connectivity index is 1.58. The zero-order chi connectivity index (χ0) is 17.9. The second-order valence-corrected chi connectivity index (χ2v) is 7.83. The van der Waals surface area contributed by atoms with Crippen LogP contribution in [0.2, 0.25) is 5.02 Å². The third kappa shape index (κ3) is 4.83. The molecule has 0 radical (unpaired) electrons.